The predicted molar refractivity (Wildman–Crippen MR) is 46.4 cm³/mol. The van der Waals surface area contributed by atoms with Gasteiger partial charge in [-0.2, -0.15) is 0 Å². The Bertz CT molecular complexity index is 143. The lowest BCUT2D eigenvalue weighted by atomic mass is 9.89. The SMILES string of the molecule is COC(=O)C(N)CCNB(C)O. The number of carbonyl (C=O) groups is 1. The van der Waals surface area contributed by atoms with Gasteiger partial charge in [0.1, 0.15) is 6.04 Å². The summed E-state index contributed by atoms with van der Waals surface area (Å²) >= 11 is 0. The molecular weight excluding hydrogens is 159 g/mol. The van der Waals surface area contributed by atoms with Gasteiger partial charge in [-0.1, -0.05) is 0 Å². The van der Waals surface area contributed by atoms with Crippen LogP contribution in [0.3, 0.4) is 0 Å². The molecule has 1 atom stereocenters. The molecular formula is C6H15BN2O3. The van der Waals surface area contributed by atoms with Crippen molar-refractivity contribution in [2.45, 2.75) is 19.3 Å². The van der Waals surface area contributed by atoms with E-state index in [0.717, 1.165) is 0 Å². The zero-order chi connectivity index (χ0) is 9.56. The highest BCUT2D eigenvalue weighted by Gasteiger charge is 2.13. The fourth-order valence-corrected chi connectivity index (χ4v) is 0.717. The number of hydrogen-bond acceptors (Lipinski definition) is 5. The molecule has 4 N–H and O–H groups in total. The first-order chi connectivity index (χ1) is 5.57. The Labute approximate surface area is 72.4 Å². The van der Waals surface area contributed by atoms with Crippen LogP contribution in [0.15, 0.2) is 0 Å². The van der Waals surface area contributed by atoms with Crippen LogP contribution < -0.4 is 11.0 Å². The molecule has 0 aliphatic heterocycles. The molecule has 0 aliphatic carbocycles. The van der Waals surface area contributed by atoms with Crippen molar-refractivity contribution in [3.05, 3.63) is 0 Å². The molecule has 0 heterocycles. The van der Waals surface area contributed by atoms with Gasteiger partial charge in [-0.15, -0.1) is 0 Å². The van der Waals surface area contributed by atoms with Crippen molar-refractivity contribution >= 4 is 13.0 Å². The fraction of sp³-hybridized carbons (Fsp3) is 0.833. The predicted octanol–water partition coefficient (Wildman–Crippen LogP) is -1.42. The first-order valence-electron chi connectivity index (χ1n) is 3.82. The van der Waals surface area contributed by atoms with Crippen molar-refractivity contribution in [1.29, 1.82) is 0 Å². The van der Waals surface area contributed by atoms with Crippen molar-refractivity contribution in [3.63, 3.8) is 0 Å². The van der Waals surface area contributed by atoms with Gasteiger partial charge in [-0.25, -0.2) is 0 Å². The van der Waals surface area contributed by atoms with Crippen molar-refractivity contribution in [2.24, 2.45) is 5.73 Å². The van der Waals surface area contributed by atoms with E-state index in [1.165, 1.54) is 7.11 Å². The smallest absolute Gasteiger partial charge is 0.373 e. The van der Waals surface area contributed by atoms with Crippen LogP contribution in [0.1, 0.15) is 6.42 Å². The van der Waals surface area contributed by atoms with Gasteiger partial charge in [0.25, 0.3) is 0 Å². The molecule has 0 rings (SSSR count). The van der Waals surface area contributed by atoms with E-state index in [1.807, 2.05) is 0 Å². The highest BCUT2D eigenvalue weighted by atomic mass is 16.5. The monoisotopic (exact) mass is 174 g/mol. The lowest BCUT2D eigenvalue weighted by molar-refractivity contribution is -0.142. The van der Waals surface area contributed by atoms with Crippen LogP contribution in [-0.2, 0) is 9.53 Å². The molecule has 0 bridgehead atoms. The Morgan fingerprint density at radius 3 is 2.83 bits per heavy atom. The summed E-state index contributed by atoms with van der Waals surface area (Å²) in [7, 11) is 0.722. The van der Waals surface area contributed by atoms with Crippen LogP contribution in [0.25, 0.3) is 0 Å². The normalized spacial score (nSPS) is 12.3. The van der Waals surface area contributed by atoms with Gasteiger partial charge in [0.15, 0.2) is 0 Å². The first kappa shape index (κ1) is 11.4. The summed E-state index contributed by atoms with van der Waals surface area (Å²) in [6.45, 7) is 2.09. The van der Waals surface area contributed by atoms with E-state index in [2.05, 4.69) is 9.96 Å². The van der Waals surface area contributed by atoms with E-state index < -0.39 is 19.1 Å². The molecule has 0 aromatic carbocycles. The summed E-state index contributed by atoms with van der Waals surface area (Å²) in [4.78, 5) is 10.7. The molecule has 1 unspecified atom stereocenters. The van der Waals surface area contributed by atoms with Crippen molar-refractivity contribution in [2.75, 3.05) is 13.7 Å². The number of nitrogens with two attached hydrogens (primary N) is 1. The summed E-state index contributed by atoms with van der Waals surface area (Å²) in [5.41, 5.74) is 5.42. The standard InChI is InChI=1S/C6H15BN2O3/c1-7(11)9-4-3-5(8)6(10)12-2/h5,9,11H,3-4,8H2,1-2H3. The number of carbonyl (C=O) groups excluding carboxylic acids is 1. The first-order valence-corrected chi connectivity index (χ1v) is 3.82. The Balaban J connectivity index is 3.43. The lowest BCUT2D eigenvalue weighted by Crippen LogP contribution is -2.38. The van der Waals surface area contributed by atoms with Gasteiger partial charge in [-0.3, -0.25) is 4.79 Å². The van der Waals surface area contributed by atoms with Gasteiger partial charge >= 0.3 is 13.0 Å². The Kier molecular flexibility index (Phi) is 5.70. The number of esters is 1. The maximum absolute atomic E-state index is 10.7. The average molecular weight is 174 g/mol. The Morgan fingerprint density at radius 1 is 1.83 bits per heavy atom. The van der Waals surface area contributed by atoms with Crippen molar-refractivity contribution < 1.29 is 14.6 Å². The Hall–Kier alpha value is -0.585. The van der Waals surface area contributed by atoms with Crippen LogP contribution in [-0.4, -0.2) is 37.7 Å². The second kappa shape index (κ2) is 5.99. The van der Waals surface area contributed by atoms with Gasteiger partial charge in [0.2, 0.25) is 0 Å². The van der Waals surface area contributed by atoms with E-state index in [-0.39, 0.29) is 0 Å². The average Bonchev–Trinajstić information content (AvgIpc) is 2.02. The van der Waals surface area contributed by atoms with Crippen LogP contribution in [0.5, 0.6) is 0 Å². The number of rotatable bonds is 5. The fourth-order valence-electron chi connectivity index (χ4n) is 0.717. The molecule has 0 aromatic heterocycles. The Morgan fingerprint density at radius 2 is 2.42 bits per heavy atom. The molecule has 0 fully saturated rings. The minimum atomic E-state index is -0.610. The molecule has 0 spiro atoms. The maximum Gasteiger partial charge on any atom is 0.373 e. The lowest BCUT2D eigenvalue weighted by Gasteiger charge is -2.09. The molecule has 0 saturated heterocycles. The summed E-state index contributed by atoms with van der Waals surface area (Å²) < 4.78 is 4.42. The van der Waals surface area contributed by atoms with Crippen LogP contribution in [0.2, 0.25) is 6.82 Å². The molecule has 5 nitrogen and oxygen atoms in total. The summed E-state index contributed by atoms with van der Waals surface area (Å²) in [5, 5.41) is 11.5. The second-order valence-corrected chi connectivity index (χ2v) is 2.55. The highest BCUT2D eigenvalue weighted by molar-refractivity contribution is 6.45. The molecule has 0 saturated carbocycles. The van der Waals surface area contributed by atoms with Crippen LogP contribution in [0.4, 0.5) is 0 Å². The van der Waals surface area contributed by atoms with Gasteiger partial charge in [0.05, 0.1) is 7.11 Å². The number of hydrogen-bond donors (Lipinski definition) is 3. The third-order valence-electron chi connectivity index (χ3n) is 1.40. The van der Waals surface area contributed by atoms with E-state index in [1.54, 1.807) is 6.82 Å². The maximum atomic E-state index is 10.7. The molecule has 0 aliphatic rings. The third kappa shape index (κ3) is 5.12. The van der Waals surface area contributed by atoms with Crippen molar-refractivity contribution in [3.8, 4) is 0 Å². The van der Waals surface area contributed by atoms with Gasteiger partial charge in [0, 0.05) is 0 Å². The van der Waals surface area contributed by atoms with E-state index in [0.29, 0.717) is 13.0 Å². The van der Waals surface area contributed by atoms with E-state index >= 15 is 0 Å². The van der Waals surface area contributed by atoms with Gasteiger partial charge < -0.3 is 20.7 Å². The summed E-state index contributed by atoms with van der Waals surface area (Å²) in [5.74, 6) is -0.428. The number of nitrogens with one attached hydrogen (secondary N) is 1. The van der Waals surface area contributed by atoms with Crippen molar-refractivity contribution in [1.82, 2.24) is 5.23 Å². The highest BCUT2D eigenvalue weighted by Crippen LogP contribution is 1.89. The summed E-state index contributed by atoms with van der Waals surface area (Å²) in [6, 6.07) is -0.610. The minimum absolute atomic E-state index is 0.428. The molecule has 0 radical (unpaired) electrons. The third-order valence-corrected chi connectivity index (χ3v) is 1.40. The van der Waals surface area contributed by atoms with Crippen LogP contribution in [0, 0.1) is 0 Å². The molecule has 6 heteroatoms. The largest absolute Gasteiger partial charge is 0.468 e. The quantitative estimate of drug-likeness (QED) is 0.351. The van der Waals surface area contributed by atoms with E-state index in [9.17, 15) is 4.79 Å². The minimum Gasteiger partial charge on any atom is -0.468 e. The molecule has 0 amide bonds. The van der Waals surface area contributed by atoms with Gasteiger partial charge in [-0.05, 0) is 19.8 Å². The molecule has 70 valence electrons. The number of methoxy groups -OCH3 is 1. The molecule has 12 heavy (non-hydrogen) atoms. The molecule has 0 aromatic rings. The zero-order valence-electron chi connectivity index (χ0n) is 7.41. The number of ether oxygens (including phenoxy) is 1. The summed E-state index contributed by atoms with van der Waals surface area (Å²) in [6.07, 6.45) is 0.456. The zero-order valence-corrected chi connectivity index (χ0v) is 7.41. The topological polar surface area (TPSA) is 84.6 Å². The second-order valence-electron chi connectivity index (χ2n) is 2.55. The van der Waals surface area contributed by atoms with E-state index in [4.69, 9.17) is 10.8 Å². The van der Waals surface area contributed by atoms with Crippen LogP contribution >= 0.6 is 0 Å².